The van der Waals surface area contributed by atoms with Crippen molar-refractivity contribution in [3.8, 4) is 0 Å². The maximum absolute atomic E-state index is 12.0. The molecule has 102 valence electrons. The molecular weight excluding hydrogens is 240 g/mol. The Morgan fingerprint density at radius 3 is 2.82 bits per heavy atom. The first-order valence-electron chi connectivity index (χ1n) is 6.27. The Bertz CT molecular complexity index is 306. The van der Waals surface area contributed by atoms with Crippen LogP contribution in [0.2, 0.25) is 0 Å². The van der Waals surface area contributed by atoms with Crippen LogP contribution in [0.3, 0.4) is 0 Å². The molecule has 0 aromatic carbocycles. The van der Waals surface area contributed by atoms with E-state index in [1.165, 1.54) is 0 Å². The minimum Gasteiger partial charge on any atom is -0.384 e. The van der Waals surface area contributed by atoms with Gasteiger partial charge in [0.05, 0.1) is 12.4 Å². The van der Waals surface area contributed by atoms with E-state index in [2.05, 4.69) is 12.2 Å². The molecule has 1 unspecified atom stereocenters. The molecule has 6 heteroatoms. The largest absolute Gasteiger partial charge is 0.384 e. The van der Waals surface area contributed by atoms with E-state index in [4.69, 9.17) is 4.74 Å². The van der Waals surface area contributed by atoms with Gasteiger partial charge in [-0.2, -0.15) is 0 Å². The zero-order valence-corrected chi connectivity index (χ0v) is 11.6. The molecular formula is C11H24N2O3S. The number of nitrogens with one attached hydrogen (secondary N) is 1. The fourth-order valence-corrected chi connectivity index (χ4v) is 3.54. The van der Waals surface area contributed by atoms with E-state index in [0.29, 0.717) is 32.2 Å². The molecule has 5 nitrogen and oxygen atoms in total. The van der Waals surface area contributed by atoms with Crippen molar-refractivity contribution in [2.45, 2.75) is 19.8 Å². The molecule has 1 N–H and O–H groups in total. The molecule has 0 aromatic rings. The molecule has 0 aromatic heterocycles. The lowest BCUT2D eigenvalue weighted by Crippen LogP contribution is -2.35. The van der Waals surface area contributed by atoms with Crippen molar-refractivity contribution in [2.24, 2.45) is 5.92 Å². The molecule has 17 heavy (non-hydrogen) atoms. The van der Waals surface area contributed by atoms with E-state index < -0.39 is 10.0 Å². The number of hydrogen-bond acceptors (Lipinski definition) is 4. The summed E-state index contributed by atoms with van der Waals surface area (Å²) in [6.07, 6.45) is 1.94. The number of ether oxygens (including phenoxy) is 1. The molecule has 1 aliphatic heterocycles. The normalized spacial score (nSPS) is 22.1. The van der Waals surface area contributed by atoms with Gasteiger partial charge in [-0.05, 0) is 25.3 Å². The van der Waals surface area contributed by atoms with E-state index in [1.54, 1.807) is 11.4 Å². The summed E-state index contributed by atoms with van der Waals surface area (Å²) >= 11 is 0. The molecule has 0 spiro atoms. The van der Waals surface area contributed by atoms with Gasteiger partial charge in [0.25, 0.3) is 0 Å². The fourth-order valence-electron chi connectivity index (χ4n) is 2.05. The summed E-state index contributed by atoms with van der Waals surface area (Å²) in [6.45, 7) is 5.40. The van der Waals surface area contributed by atoms with Crippen molar-refractivity contribution in [3.63, 3.8) is 0 Å². The number of nitrogens with zero attached hydrogens (tertiary/aromatic N) is 1. The summed E-state index contributed by atoms with van der Waals surface area (Å²) in [7, 11) is -1.42. The lowest BCUT2D eigenvalue weighted by molar-refractivity contribution is 0.157. The summed E-state index contributed by atoms with van der Waals surface area (Å²) in [6, 6.07) is 0. The van der Waals surface area contributed by atoms with Gasteiger partial charge in [-0.25, -0.2) is 12.7 Å². The van der Waals surface area contributed by atoms with Crippen LogP contribution >= 0.6 is 0 Å². The first-order valence-corrected chi connectivity index (χ1v) is 7.88. The minimum absolute atomic E-state index is 0.201. The summed E-state index contributed by atoms with van der Waals surface area (Å²) < 4.78 is 30.6. The molecule has 1 saturated heterocycles. The second kappa shape index (κ2) is 7.31. The Morgan fingerprint density at radius 1 is 1.41 bits per heavy atom. The van der Waals surface area contributed by atoms with Gasteiger partial charge in [0.15, 0.2) is 0 Å². The van der Waals surface area contributed by atoms with Crippen LogP contribution in [0.5, 0.6) is 0 Å². The Hall–Kier alpha value is -0.170. The summed E-state index contributed by atoms with van der Waals surface area (Å²) in [4.78, 5) is 0. The highest BCUT2D eigenvalue weighted by molar-refractivity contribution is 7.89. The van der Waals surface area contributed by atoms with Crippen molar-refractivity contribution in [1.29, 1.82) is 0 Å². The summed E-state index contributed by atoms with van der Waals surface area (Å²) in [5, 5.41) is 3.12. The molecule has 0 amide bonds. The molecule has 1 atom stereocenters. The molecule has 0 radical (unpaired) electrons. The third kappa shape index (κ3) is 4.91. The Balaban J connectivity index is 2.33. The van der Waals surface area contributed by atoms with Crippen LogP contribution in [0, 0.1) is 5.92 Å². The Morgan fingerprint density at radius 2 is 2.18 bits per heavy atom. The van der Waals surface area contributed by atoms with E-state index in [1.807, 2.05) is 0 Å². The predicted molar refractivity (Wildman–Crippen MR) is 68.5 cm³/mol. The Kier molecular flexibility index (Phi) is 6.40. The van der Waals surface area contributed by atoms with Gasteiger partial charge in [-0.1, -0.05) is 6.92 Å². The number of hydrogen-bond donors (Lipinski definition) is 1. The van der Waals surface area contributed by atoms with Crippen LogP contribution in [0.4, 0.5) is 0 Å². The van der Waals surface area contributed by atoms with Crippen molar-refractivity contribution >= 4 is 10.0 Å². The number of rotatable bonds is 8. The molecule has 1 rings (SSSR count). The minimum atomic E-state index is -3.08. The second-order valence-electron chi connectivity index (χ2n) is 4.53. The average molecular weight is 264 g/mol. The second-order valence-corrected chi connectivity index (χ2v) is 6.62. The molecule has 1 heterocycles. The van der Waals surface area contributed by atoms with Crippen LogP contribution in [0.15, 0.2) is 0 Å². The lowest BCUT2D eigenvalue weighted by Gasteiger charge is -2.16. The first-order chi connectivity index (χ1) is 8.10. The fraction of sp³-hybridized carbons (Fsp3) is 1.00. The highest BCUT2D eigenvalue weighted by Gasteiger charge is 2.30. The van der Waals surface area contributed by atoms with Crippen molar-refractivity contribution in [2.75, 3.05) is 45.6 Å². The average Bonchev–Trinajstić information content (AvgIpc) is 2.74. The van der Waals surface area contributed by atoms with Gasteiger partial charge in [0.2, 0.25) is 10.0 Å². The van der Waals surface area contributed by atoms with Gasteiger partial charge in [-0.15, -0.1) is 0 Å². The monoisotopic (exact) mass is 264 g/mol. The van der Waals surface area contributed by atoms with E-state index >= 15 is 0 Å². The standard InChI is InChI=1S/C11H24N2O3S/c1-3-5-12-6-8-17(14,15)13-7-4-11(9-13)10-16-2/h11-12H,3-10H2,1-2H3. The Labute approximate surface area is 105 Å². The van der Waals surface area contributed by atoms with Crippen molar-refractivity contribution < 1.29 is 13.2 Å². The van der Waals surface area contributed by atoms with Gasteiger partial charge in [-0.3, -0.25) is 0 Å². The van der Waals surface area contributed by atoms with Crippen LogP contribution < -0.4 is 5.32 Å². The van der Waals surface area contributed by atoms with E-state index in [9.17, 15) is 8.42 Å². The number of methoxy groups -OCH3 is 1. The maximum Gasteiger partial charge on any atom is 0.215 e. The summed E-state index contributed by atoms with van der Waals surface area (Å²) in [5.74, 6) is 0.561. The highest BCUT2D eigenvalue weighted by atomic mass is 32.2. The topological polar surface area (TPSA) is 58.6 Å². The van der Waals surface area contributed by atoms with Crippen LogP contribution in [0.1, 0.15) is 19.8 Å². The molecule has 1 fully saturated rings. The van der Waals surface area contributed by atoms with Gasteiger partial charge in [0.1, 0.15) is 0 Å². The number of sulfonamides is 1. The van der Waals surface area contributed by atoms with Gasteiger partial charge < -0.3 is 10.1 Å². The van der Waals surface area contributed by atoms with Crippen LogP contribution in [0.25, 0.3) is 0 Å². The van der Waals surface area contributed by atoms with Crippen molar-refractivity contribution in [1.82, 2.24) is 9.62 Å². The van der Waals surface area contributed by atoms with E-state index in [0.717, 1.165) is 19.4 Å². The molecule has 1 aliphatic rings. The highest BCUT2D eigenvalue weighted by Crippen LogP contribution is 2.19. The quantitative estimate of drug-likeness (QED) is 0.640. The van der Waals surface area contributed by atoms with E-state index in [-0.39, 0.29) is 5.75 Å². The lowest BCUT2D eigenvalue weighted by atomic mass is 10.1. The zero-order chi connectivity index (χ0) is 12.7. The smallest absolute Gasteiger partial charge is 0.215 e. The van der Waals surface area contributed by atoms with Crippen molar-refractivity contribution in [3.05, 3.63) is 0 Å². The molecule has 0 saturated carbocycles. The summed E-state index contributed by atoms with van der Waals surface area (Å²) in [5.41, 5.74) is 0. The third-order valence-corrected chi connectivity index (χ3v) is 4.85. The molecule has 0 bridgehead atoms. The van der Waals surface area contributed by atoms with Crippen LogP contribution in [-0.2, 0) is 14.8 Å². The first kappa shape index (κ1) is 14.9. The van der Waals surface area contributed by atoms with Crippen LogP contribution in [-0.4, -0.2) is 58.4 Å². The third-order valence-electron chi connectivity index (χ3n) is 3.01. The SMILES string of the molecule is CCCNCCS(=O)(=O)N1CCC(COC)C1. The zero-order valence-electron chi connectivity index (χ0n) is 10.8. The predicted octanol–water partition coefficient (Wildman–Crippen LogP) is 0.284. The van der Waals surface area contributed by atoms with Gasteiger partial charge >= 0.3 is 0 Å². The maximum atomic E-state index is 12.0. The molecule has 0 aliphatic carbocycles. The van der Waals surface area contributed by atoms with Gasteiger partial charge in [0, 0.05) is 26.7 Å².